The molecule has 1 unspecified atom stereocenters. The highest BCUT2D eigenvalue weighted by Crippen LogP contribution is 2.16. The van der Waals surface area contributed by atoms with E-state index in [-0.39, 0.29) is 16.6 Å². The molecule has 2 N–H and O–H groups in total. The van der Waals surface area contributed by atoms with Gasteiger partial charge in [-0.05, 0) is 6.42 Å². The van der Waals surface area contributed by atoms with E-state index in [1.807, 2.05) is 20.8 Å². The molecule has 0 aliphatic rings. The van der Waals surface area contributed by atoms with Gasteiger partial charge in [0.05, 0.1) is 11.2 Å². The second-order valence-corrected chi connectivity index (χ2v) is 5.49. The van der Waals surface area contributed by atoms with Gasteiger partial charge in [0.1, 0.15) is 17.6 Å². The number of carbonyl (C=O) groups is 2. The summed E-state index contributed by atoms with van der Waals surface area (Å²) >= 11 is 5.93. The number of amides is 1. The number of aliphatic carboxylic acids is 1. The molecule has 7 heteroatoms. The van der Waals surface area contributed by atoms with Crippen molar-refractivity contribution in [3.63, 3.8) is 0 Å². The molecular formula is C14H20ClN3O3. The number of carbonyl (C=O) groups excluding carboxylic acids is 1. The lowest BCUT2D eigenvalue weighted by Crippen LogP contribution is -2.41. The maximum absolute atomic E-state index is 12.2. The van der Waals surface area contributed by atoms with Crippen LogP contribution < -0.4 is 5.32 Å². The molecule has 1 aromatic heterocycles. The Morgan fingerprint density at radius 1 is 1.43 bits per heavy atom. The van der Waals surface area contributed by atoms with E-state index < -0.39 is 17.9 Å². The van der Waals surface area contributed by atoms with Gasteiger partial charge in [-0.2, -0.15) is 0 Å². The molecule has 0 radical (unpaired) electrons. The van der Waals surface area contributed by atoms with E-state index in [9.17, 15) is 9.59 Å². The topological polar surface area (TPSA) is 92.2 Å². The van der Waals surface area contributed by atoms with Crippen molar-refractivity contribution in [3.8, 4) is 0 Å². The van der Waals surface area contributed by atoms with Crippen molar-refractivity contribution in [2.45, 2.75) is 52.0 Å². The number of aromatic nitrogens is 2. The summed E-state index contributed by atoms with van der Waals surface area (Å²) in [6.45, 7) is 5.75. The molecule has 1 heterocycles. The van der Waals surface area contributed by atoms with Crippen LogP contribution in [-0.4, -0.2) is 33.0 Å². The Kier molecular flexibility index (Phi) is 6.55. The monoisotopic (exact) mass is 313 g/mol. The molecule has 0 spiro atoms. The summed E-state index contributed by atoms with van der Waals surface area (Å²) in [5.74, 6) is -1.12. The molecule has 6 nitrogen and oxygen atoms in total. The normalized spacial score (nSPS) is 12.2. The molecule has 1 amide bonds. The first kappa shape index (κ1) is 17.4. The number of carboxylic acids is 1. The third-order valence-corrected chi connectivity index (χ3v) is 3.22. The molecule has 1 rings (SSSR count). The fourth-order valence-electron chi connectivity index (χ4n) is 1.71. The predicted molar refractivity (Wildman–Crippen MR) is 79.5 cm³/mol. The predicted octanol–water partition coefficient (Wildman–Crippen LogP) is 2.63. The third-order valence-electron chi connectivity index (χ3n) is 2.94. The average molecular weight is 314 g/mol. The molecular weight excluding hydrogens is 294 g/mol. The van der Waals surface area contributed by atoms with Gasteiger partial charge in [-0.25, -0.2) is 14.8 Å². The Morgan fingerprint density at radius 2 is 2.10 bits per heavy atom. The van der Waals surface area contributed by atoms with Gasteiger partial charge in [-0.1, -0.05) is 45.2 Å². The van der Waals surface area contributed by atoms with E-state index in [0.717, 1.165) is 6.42 Å². The van der Waals surface area contributed by atoms with Crippen LogP contribution in [0.1, 0.15) is 62.3 Å². The largest absolute Gasteiger partial charge is 0.480 e. The summed E-state index contributed by atoms with van der Waals surface area (Å²) < 4.78 is 0. The van der Waals surface area contributed by atoms with Gasteiger partial charge < -0.3 is 10.4 Å². The lowest BCUT2D eigenvalue weighted by molar-refractivity contribution is -0.139. The minimum atomic E-state index is -1.06. The zero-order valence-corrected chi connectivity index (χ0v) is 13.1. The molecule has 0 aromatic carbocycles. The van der Waals surface area contributed by atoms with Gasteiger partial charge in [0, 0.05) is 5.92 Å². The lowest BCUT2D eigenvalue weighted by atomic mass is 10.1. The first-order valence-corrected chi connectivity index (χ1v) is 7.30. The van der Waals surface area contributed by atoms with E-state index in [2.05, 4.69) is 15.3 Å². The summed E-state index contributed by atoms with van der Waals surface area (Å²) in [6.07, 6.45) is 3.30. The van der Waals surface area contributed by atoms with E-state index in [0.29, 0.717) is 18.7 Å². The van der Waals surface area contributed by atoms with E-state index in [4.69, 9.17) is 16.7 Å². The van der Waals surface area contributed by atoms with Crippen LogP contribution in [0.5, 0.6) is 0 Å². The quantitative estimate of drug-likeness (QED) is 0.807. The molecule has 0 saturated carbocycles. The maximum Gasteiger partial charge on any atom is 0.326 e. The van der Waals surface area contributed by atoms with Gasteiger partial charge in [0.2, 0.25) is 0 Å². The van der Waals surface area contributed by atoms with Crippen molar-refractivity contribution in [3.05, 3.63) is 22.7 Å². The van der Waals surface area contributed by atoms with Gasteiger partial charge in [-0.15, -0.1) is 0 Å². The molecule has 1 atom stereocenters. The van der Waals surface area contributed by atoms with E-state index >= 15 is 0 Å². The molecule has 0 saturated heterocycles. The van der Waals surface area contributed by atoms with Crippen LogP contribution in [0.3, 0.4) is 0 Å². The number of carboxylic acid groups (broad SMARTS) is 1. The molecule has 0 fully saturated rings. The summed E-state index contributed by atoms with van der Waals surface area (Å²) in [6, 6.07) is -0.939. The fourth-order valence-corrected chi connectivity index (χ4v) is 1.89. The first-order chi connectivity index (χ1) is 9.86. The minimum Gasteiger partial charge on any atom is -0.480 e. The van der Waals surface area contributed by atoms with Crippen LogP contribution >= 0.6 is 11.6 Å². The summed E-state index contributed by atoms with van der Waals surface area (Å²) in [5.41, 5.74) is 0.0121. The van der Waals surface area contributed by atoms with Gasteiger partial charge >= 0.3 is 5.97 Å². The molecule has 1 aromatic rings. The second-order valence-electron chi connectivity index (χ2n) is 5.09. The number of rotatable bonds is 7. The number of nitrogens with zero attached hydrogens (tertiary/aromatic N) is 2. The Bertz CT molecular complexity index is 520. The Morgan fingerprint density at radius 3 is 2.62 bits per heavy atom. The van der Waals surface area contributed by atoms with Crippen LogP contribution in [0.2, 0.25) is 5.02 Å². The van der Waals surface area contributed by atoms with Crippen molar-refractivity contribution in [2.24, 2.45) is 0 Å². The molecule has 0 aliphatic carbocycles. The van der Waals surface area contributed by atoms with Crippen molar-refractivity contribution in [1.29, 1.82) is 0 Å². The SMILES string of the molecule is CCCCC(NC(=O)c1nc(C(C)C)ncc1Cl)C(=O)O. The van der Waals surface area contributed by atoms with Crippen LogP contribution in [-0.2, 0) is 4.79 Å². The maximum atomic E-state index is 12.2. The highest BCUT2D eigenvalue weighted by molar-refractivity contribution is 6.33. The summed E-state index contributed by atoms with van der Waals surface area (Å²) in [5, 5.41) is 11.7. The van der Waals surface area contributed by atoms with Crippen LogP contribution in [0.15, 0.2) is 6.20 Å². The Hall–Kier alpha value is -1.69. The minimum absolute atomic E-state index is 0.0121. The lowest BCUT2D eigenvalue weighted by Gasteiger charge is -2.14. The standard InChI is InChI=1S/C14H20ClN3O3/c1-4-5-6-10(14(20)21)17-13(19)11-9(15)7-16-12(18-11)8(2)3/h7-8,10H,4-6H2,1-3H3,(H,17,19)(H,20,21). The van der Waals surface area contributed by atoms with Crippen molar-refractivity contribution >= 4 is 23.5 Å². The highest BCUT2D eigenvalue weighted by atomic mass is 35.5. The van der Waals surface area contributed by atoms with Gasteiger partial charge in [0.25, 0.3) is 5.91 Å². The van der Waals surface area contributed by atoms with E-state index in [1.54, 1.807) is 0 Å². The van der Waals surface area contributed by atoms with E-state index in [1.165, 1.54) is 6.20 Å². The highest BCUT2D eigenvalue weighted by Gasteiger charge is 2.23. The third kappa shape index (κ3) is 4.97. The van der Waals surface area contributed by atoms with Crippen LogP contribution in [0.4, 0.5) is 0 Å². The number of unbranched alkanes of at least 4 members (excludes halogenated alkanes) is 1. The smallest absolute Gasteiger partial charge is 0.326 e. The molecule has 116 valence electrons. The zero-order valence-electron chi connectivity index (χ0n) is 12.4. The molecule has 0 aliphatic heterocycles. The fraction of sp³-hybridized carbons (Fsp3) is 0.571. The number of halogens is 1. The van der Waals surface area contributed by atoms with Crippen molar-refractivity contribution in [1.82, 2.24) is 15.3 Å². The Balaban J connectivity index is 2.91. The van der Waals surface area contributed by atoms with Crippen LogP contribution in [0, 0.1) is 0 Å². The summed E-state index contributed by atoms with van der Waals surface area (Å²) in [7, 11) is 0. The van der Waals surface area contributed by atoms with Gasteiger partial charge in [0.15, 0.2) is 0 Å². The summed E-state index contributed by atoms with van der Waals surface area (Å²) in [4.78, 5) is 31.5. The first-order valence-electron chi connectivity index (χ1n) is 6.92. The number of nitrogens with one attached hydrogen (secondary N) is 1. The number of hydrogen-bond donors (Lipinski definition) is 2. The average Bonchev–Trinajstić information content (AvgIpc) is 2.42. The second kappa shape index (κ2) is 7.93. The van der Waals surface area contributed by atoms with Crippen molar-refractivity contribution < 1.29 is 14.7 Å². The van der Waals surface area contributed by atoms with Crippen LogP contribution in [0.25, 0.3) is 0 Å². The molecule has 21 heavy (non-hydrogen) atoms. The Labute approximate surface area is 128 Å². The number of hydrogen-bond acceptors (Lipinski definition) is 4. The zero-order chi connectivity index (χ0) is 16.0. The van der Waals surface area contributed by atoms with Crippen molar-refractivity contribution in [2.75, 3.05) is 0 Å². The molecule has 0 bridgehead atoms. The van der Waals surface area contributed by atoms with Gasteiger partial charge in [-0.3, -0.25) is 4.79 Å².